The predicted octanol–water partition coefficient (Wildman–Crippen LogP) is 24.2. The fourth-order valence-electron chi connectivity index (χ4n) is 14.9. The van der Waals surface area contributed by atoms with E-state index in [2.05, 4.69) is 204 Å². The van der Waals surface area contributed by atoms with Gasteiger partial charge in [-0.2, -0.15) is 5.26 Å². The van der Waals surface area contributed by atoms with Crippen LogP contribution in [-0.4, -0.2) is 18.3 Å². The minimum atomic E-state index is -0.571. The quantitative estimate of drug-likeness (QED) is 0.0298. The summed E-state index contributed by atoms with van der Waals surface area (Å²) in [6.45, 7) is 22.1. The molecule has 458 valence electrons. The summed E-state index contributed by atoms with van der Waals surface area (Å²) in [5, 5.41) is 9.98. The molecule has 0 bridgehead atoms. The standard InChI is InChI=1S/C80H106BBrN2O2/c1-11-15-19-23-27-31-51-79(52-32-28-24-20-16-12-2)72-55-61(60-35-43-65(44-36-60)84(67-47-41-64(82)42-48-67)66-45-38-62(39-46-66)76(5,6)59-83)37-49-68(72)70-57-75-71(58-74(70)79)69-50-40-63(81-85-77(7,8)78(9,10)86-81)56-73(69)80(75,53-33-29-25-21-17-13-3)54-34-30-26-22-18-14-4/h35-50,55-58H,11-34,51-54H2,1-10H3. The second kappa shape index (κ2) is 29.6. The Labute approximate surface area is 531 Å². The zero-order valence-corrected chi connectivity index (χ0v) is 56.6. The van der Waals surface area contributed by atoms with Crippen LogP contribution < -0.4 is 10.4 Å². The summed E-state index contributed by atoms with van der Waals surface area (Å²) in [6, 6.07) is 49.6. The first-order valence-corrected chi connectivity index (χ1v) is 35.4. The van der Waals surface area contributed by atoms with Gasteiger partial charge < -0.3 is 14.2 Å². The Morgan fingerprint density at radius 2 is 0.767 bits per heavy atom. The molecule has 0 radical (unpaired) electrons. The molecule has 1 heterocycles. The molecule has 0 unspecified atom stereocenters. The van der Waals surface area contributed by atoms with E-state index < -0.39 is 23.7 Å². The van der Waals surface area contributed by atoms with Crippen molar-refractivity contribution >= 4 is 45.6 Å². The molecular weight excluding hydrogens is 1110 g/mol. The Morgan fingerprint density at radius 1 is 0.419 bits per heavy atom. The van der Waals surface area contributed by atoms with Gasteiger partial charge in [0.25, 0.3) is 0 Å². The van der Waals surface area contributed by atoms with Crippen LogP contribution in [0.2, 0.25) is 0 Å². The Bertz CT molecular complexity index is 3140. The first-order chi connectivity index (χ1) is 41.6. The maximum Gasteiger partial charge on any atom is 0.494 e. The van der Waals surface area contributed by atoms with Gasteiger partial charge in [-0.1, -0.05) is 252 Å². The minimum absolute atomic E-state index is 0.0948. The van der Waals surface area contributed by atoms with Gasteiger partial charge in [0.1, 0.15) is 0 Å². The highest BCUT2D eigenvalue weighted by Crippen LogP contribution is 2.61. The zero-order valence-electron chi connectivity index (χ0n) is 55.0. The number of nitriles is 1. The topological polar surface area (TPSA) is 45.5 Å². The van der Waals surface area contributed by atoms with Crippen LogP contribution in [-0.2, 0) is 25.6 Å². The van der Waals surface area contributed by atoms with Crippen LogP contribution in [0.5, 0.6) is 0 Å². The van der Waals surface area contributed by atoms with E-state index >= 15 is 0 Å². The highest BCUT2D eigenvalue weighted by Gasteiger charge is 2.53. The molecule has 1 fully saturated rings. The molecule has 6 aromatic carbocycles. The van der Waals surface area contributed by atoms with Crippen LogP contribution in [0.25, 0.3) is 33.4 Å². The van der Waals surface area contributed by atoms with Crippen LogP contribution in [0.15, 0.2) is 126 Å². The van der Waals surface area contributed by atoms with Crippen LogP contribution in [0.1, 0.15) is 277 Å². The molecule has 0 saturated carbocycles. The molecular formula is C80H106BBrN2O2. The summed E-state index contributed by atoms with van der Waals surface area (Å²) >= 11 is 3.69. The van der Waals surface area contributed by atoms with Gasteiger partial charge in [0, 0.05) is 32.4 Å². The summed E-state index contributed by atoms with van der Waals surface area (Å²) in [7, 11) is -0.397. The number of nitrogens with zero attached hydrogens (tertiary/aromatic N) is 2. The summed E-state index contributed by atoms with van der Waals surface area (Å²) < 4.78 is 14.8. The molecule has 1 saturated heterocycles. The number of rotatable bonds is 34. The van der Waals surface area contributed by atoms with Crippen molar-refractivity contribution in [2.45, 2.75) is 276 Å². The fourth-order valence-corrected chi connectivity index (χ4v) is 15.2. The molecule has 1 aliphatic heterocycles. The summed E-state index contributed by atoms with van der Waals surface area (Å²) in [4.78, 5) is 2.33. The van der Waals surface area contributed by atoms with Crippen molar-refractivity contribution in [1.82, 2.24) is 0 Å². The monoisotopic (exact) mass is 1220 g/mol. The summed E-state index contributed by atoms with van der Waals surface area (Å²) in [6.07, 6.45) is 35.8. The largest absolute Gasteiger partial charge is 0.494 e. The van der Waals surface area contributed by atoms with E-state index in [1.807, 2.05) is 13.8 Å². The average Bonchev–Trinajstić information content (AvgIpc) is 1.54. The van der Waals surface area contributed by atoms with Gasteiger partial charge in [-0.05, 0) is 201 Å². The lowest BCUT2D eigenvalue weighted by molar-refractivity contribution is 0.00578. The molecule has 6 heteroatoms. The third kappa shape index (κ3) is 14.4. The molecule has 86 heavy (non-hydrogen) atoms. The predicted molar refractivity (Wildman–Crippen MR) is 373 cm³/mol. The van der Waals surface area contributed by atoms with Gasteiger partial charge in [-0.25, -0.2) is 0 Å². The van der Waals surface area contributed by atoms with E-state index in [1.165, 1.54) is 224 Å². The van der Waals surface area contributed by atoms with E-state index in [4.69, 9.17) is 9.31 Å². The van der Waals surface area contributed by atoms with E-state index in [0.29, 0.717) is 0 Å². The number of unbranched alkanes of at least 4 members (excludes halogenated alkanes) is 20. The molecule has 0 N–H and O–H groups in total. The van der Waals surface area contributed by atoms with Gasteiger partial charge in [0.15, 0.2) is 0 Å². The maximum atomic E-state index is 9.98. The number of halogens is 1. The molecule has 4 nitrogen and oxygen atoms in total. The lowest BCUT2D eigenvalue weighted by Crippen LogP contribution is -2.41. The SMILES string of the molecule is CCCCCCCCC1(CCCCCCCC)c2cc(B3OC(C)(C)C(C)(C)O3)ccc2-c2cc3c(cc21)-c1ccc(-c2ccc(N(c4ccc(Br)cc4)c4ccc(C(C)(C)C#N)cc4)cc2)cc1C3(CCCCCCCC)CCCCCCCC. The van der Waals surface area contributed by atoms with Gasteiger partial charge >= 0.3 is 7.12 Å². The van der Waals surface area contributed by atoms with E-state index in [0.717, 1.165) is 27.1 Å². The normalized spacial score (nSPS) is 15.8. The lowest BCUT2D eigenvalue weighted by Gasteiger charge is -2.35. The molecule has 0 aromatic heterocycles. The van der Waals surface area contributed by atoms with Crippen LogP contribution in [0, 0.1) is 11.3 Å². The van der Waals surface area contributed by atoms with E-state index in [-0.39, 0.29) is 10.8 Å². The molecule has 3 aliphatic rings. The van der Waals surface area contributed by atoms with Crippen molar-refractivity contribution in [3.63, 3.8) is 0 Å². The number of fused-ring (bicyclic) bond motifs is 6. The highest BCUT2D eigenvalue weighted by atomic mass is 79.9. The van der Waals surface area contributed by atoms with Crippen molar-refractivity contribution in [3.8, 4) is 39.4 Å². The van der Waals surface area contributed by atoms with E-state index in [1.54, 1.807) is 16.7 Å². The minimum Gasteiger partial charge on any atom is -0.399 e. The van der Waals surface area contributed by atoms with Gasteiger partial charge in [-0.15, -0.1) is 0 Å². The molecule has 2 aliphatic carbocycles. The second-order valence-electron chi connectivity index (χ2n) is 28.0. The maximum absolute atomic E-state index is 9.98. The number of hydrogen-bond donors (Lipinski definition) is 0. The number of anilines is 3. The van der Waals surface area contributed by atoms with Crippen molar-refractivity contribution < 1.29 is 9.31 Å². The number of benzene rings is 6. The fraction of sp³-hybridized carbons (Fsp3) is 0.537. The smallest absolute Gasteiger partial charge is 0.399 e. The Kier molecular flexibility index (Phi) is 22.5. The van der Waals surface area contributed by atoms with Crippen molar-refractivity contribution in [2.24, 2.45) is 0 Å². The third-order valence-electron chi connectivity index (χ3n) is 20.9. The van der Waals surface area contributed by atoms with Gasteiger partial charge in [-0.3, -0.25) is 0 Å². The highest BCUT2D eigenvalue weighted by molar-refractivity contribution is 9.10. The molecule has 6 aromatic rings. The van der Waals surface area contributed by atoms with Crippen molar-refractivity contribution in [1.29, 1.82) is 5.26 Å². The third-order valence-corrected chi connectivity index (χ3v) is 21.4. The summed E-state index contributed by atoms with van der Waals surface area (Å²) in [5.41, 5.74) is 18.6. The van der Waals surface area contributed by atoms with Crippen LogP contribution in [0.4, 0.5) is 17.1 Å². The molecule has 0 amide bonds. The average molecular weight is 1220 g/mol. The summed E-state index contributed by atoms with van der Waals surface area (Å²) in [5.74, 6) is 0. The van der Waals surface area contributed by atoms with E-state index in [9.17, 15) is 5.26 Å². The first-order valence-electron chi connectivity index (χ1n) is 34.6. The Morgan fingerprint density at radius 3 is 1.19 bits per heavy atom. The Hall–Kier alpha value is -4.93. The van der Waals surface area contributed by atoms with Gasteiger partial charge in [0.2, 0.25) is 0 Å². The molecule has 0 spiro atoms. The Balaban J connectivity index is 1.18. The van der Waals surface area contributed by atoms with Crippen molar-refractivity contribution in [2.75, 3.05) is 4.90 Å². The van der Waals surface area contributed by atoms with Crippen molar-refractivity contribution in [3.05, 3.63) is 154 Å². The zero-order chi connectivity index (χ0) is 61.0. The number of hydrogen-bond acceptors (Lipinski definition) is 4. The second-order valence-corrected chi connectivity index (χ2v) is 28.9. The molecule has 9 rings (SSSR count). The lowest BCUT2D eigenvalue weighted by atomic mass is 9.67. The van der Waals surface area contributed by atoms with Gasteiger partial charge in [0.05, 0.1) is 22.7 Å². The first kappa shape index (κ1) is 65.5. The van der Waals surface area contributed by atoms with Crippen LogP contribution >= 0.6 is 15.9 Å². The molecule has 0 atom stereocenters. The van der Waals surface area contributed by atoms with Crippen LogP contribution in [0.3, 0.4) is 0 Å².